The van der Waals surface area contributed by atoms with Gasteiger partial charge in [-0.15, -0.1) is 0 Å². The minimum atomic E-state index is 0.202. The number of quaternary nitrogens is 2. The lowest BCUT2D eigenvalue weighted by Crippen LogP contribution is -3.28. The zero-order chi connectivity index (χ0) is 16.4. The highest BCUT2D eigenvalue weighted by Gasteiger charge is 2.29. The molecular formula is C16H23N5O2S+2. The highest BCUT2D eigenvalue weighted by atomic mass is 32.1. The first-order valence-corrected chi connectivity index (χ1v) is 9.52. The predicted octanol–water partition coefficient (Wildman–Crippen LogP) is -1.64. The zero-order valence-electron chi connectivity index (χ0n) is 13.6. The summed E-state index contributed by atoms with van der Waals surface area (Å²) < 4.78 is 5.39. The number of hydrogen-bond donors (Lipinski definition) is 3. The molecule has 0 spiro atoms. The number of thiophene rings is 1. The number of amides is 1. The van der Waals surface area contributed by atoms with Crippen molar-refractivity contribution in [1.82, 2.24) is 15.5 Å². The van der Waals surface area contributed by atoms with Crippen molar-refractivity contribution in [3.8, 4) is 11.4 Å². The van der Waals surface area contributed by atoms with E-state index in [1.54, 1.807) is 11.3 Å². The van der Waals surface area contributed by atoms with Crippen LogP contribution in [0, 0.1) is 0 Å². The largest absolute Gasteiger partial charge is 0.348 e. The average molecular weight is 349 g/mol. The van der Waals surface area contributed by atoms with Crippen LogP contribution in [0.15, 0.2) is 21.3 Å². The Balaban J connectivity index is 1.23. The van der Waals surface area contributed by atoms with E-state index in [0.717, 1.165) is 51.1 Å². The van der Waals surface area contributed by atoms with Gasteiger partial charge in [-0.3, -0.25) is 4.79 Å². The van der Waals surface area contributed by atoms with E-state index in [2.05, 4.69) is 15.5 Å². The van der Waals surface area contributed by atoms with Crippen molar-refractivity contribution >= 4 is 17.2 Å². The van der Waals surface area contributed by atoms with E-state index >= 15 is 0 Å². The Kier molecular flexibility index (Phi) is 4.59. The van der Waals surface area contributed by atoms with Crippen LogP contribution in [0.25, 0.3) is 11.4 Å². The van der Waals surface area contributed by atoms with Gasteiger partial charge >= 0.3 is 0 Å². The minimum absolute atomic E-state index is 0.202. The molecule has 7 nitrogen and oxygen atoms in total. The Hall–Kier alpha value is -1.77. The Morgan fingerprint density at radius 2 is 2.08 bits per heavy atom. The molecule has 0 atom stereocenters. The molecule has 1 amide bonds. The van der Waals surface area contributed by atoms with E-state index in [-0.39, 0.29) is 5.91 Å². The molecule has 2 aromatic heterocycles. The lowest BCUT2D eigenvalue weighted by molar-refractivity contribution is -1.02. The van der Waals surface area contributed by atoms with Gasteiger partial charge < -0.3 is 19.6 Å². The van der Waals surface area contributed by atoms with Gasteiger partial charge in [0.05, 0.1) is 0 Å². The third-order valence-corrected chi connectivity index (χ3v) is 5.35. The number of carbonyl (C=O) groups excluding carboxylic acids is 1. The third-order valence-electron chi connectivity index (χ3n) is 4.67. The van der Waals surface area contributed by atoms with Gasteiger partial charge in [-0.1, -0.05) is 5.16 Å². The fourth-order valence-corrected chi connectivity index (χ4v) is 3.73. The molecule has 1 saturated heterocycles. The summed E-state index contributed by atoms with van der Waals surface area (Å²) in [6.07, 6.45) is 2.30. The molecule has 1 aliphatic heterocycles. The molecule has 1 saturated carbocycles. The summed E-state index contributed by atoms with van der Waals surface area (Å²) in [5.41, 5.74) is 1.01. The minimum Gasteiger partial charge on any atom is -0.348 e. The van der Waals surface area contributed by atoms with Gasteiger partial charge in [-0.25, -0.2) is 0 Å². The Morgan fingerprint density at radius 3 is 2.79 bits per heavy atom. The maximum absolute atomic E-state index is 11.9. The summed E-state index contributed by atoms with van der Waals surface area (Å²) in [4.78, 5) is 19.2. The normalized spacial score (nSPS) is 24.0. The van der Waals surface area contributed by atoms with Crippen molar-refractivity contribution in [2.75, 3.05) is 32.7 Å². The second kappa shape index (κ2) is 7.00. The van der Waals surface area contributed by atoms with Crippen molar-refractivity contribution in [1.29, 1.82) is 0 Å². The molecule has 1 aliphatic carbocycles. The molecule has 3 heterocycles. The van der Waals surface area contributed by atoms with E-state index < -0.39 is 0 Å². The van der Waals surface area contributed by atoms with Crippen LogP contribution in [-0.2, 0) is 11.3 Å². The second-order valence-electron chi connectivity index (χ2n) is 6.72. The summed E-state index contributed by atoms with van der Waals surface area (Å²) in [6, 6.07) is 2.46. The van der Waals surface area contributed by atoms with Crippen LogP contribution in [0.3, 0.4) is 0 Å². The van der Waals surface area contributed by atoms with Gasteiger partial charge in [-0.05, 0) is 24.3 Å². The molecule has 0 radical (unpaired) electrons. The van der Waals surface area contributed by atoms with Crippen LogP contribution < -0.4 is 15.1 Å². The molecule has 8 heteroatoms. The lowest BCUT2D eigenvalue weighted by Gasteiger charge is -2.28. The molecule has 2 aromatic rings. The smallest absolute Gasteiger partial charge is 0.282 e. The molecule has 2 fully saturated rings. The number of nitrogens with one attached hydrogen (secondary N) is 3. The van der Waals surface area contributed by atoms with Gasteiger partial charge in [0.1, 0.15) is 26.2 Å². The fourth-order valence-electron chi connectivity index (χ4n) is 3.09. The molecule has 24 heavy (non-hydrogen) atoms. The number of aromatic nitrogens is 2. The van der Waals surface area contributed by atoms with E-state index in [1.165, 1.54) is 9.80 Å². The number of rotatable bonds is 6. The second-order valence-corrected chi connectivity index (χ2v) is 7.50. The SMILES string of the molecule is O=C(C[NH+]1CC[NH+](Cc2nc(-c3ccsc3)no2)CC1)NC1CC1. The van der Waals surface area contributed by atoms with Crippen molar-refractivity contribution in [3.05, 3.63) is 22.7 Å². The van der Waals surface area contributed by atoms with Crippen molar-refractivity contribution in [3.63, 3.8) is 0 Å². The van der Waals surface area contributed by atoms with E-state index in [0.29, 0.717) is 24.3 Å². The zero-order valence-corrected chi connectivity index (χ0v) is 14.4. The quantitative estimate of drug-likeness (QED) is 0.585. The first-order chi connectivity index (χ1) is 11.8. The van der Waals surface area contributed by atoms with Crippen LogP contribution in [-0.4, -0.2) is 54.8 Å². The highest BCUT2D eigenvalue weighted by molar-refractivity contribution is 7.08. The standard InChI is InChI=1S/C16H21N5O2S/c22-14(17-13-1-2-13)9-20-4-6-21(7-5-20)10-15-18-16(19-23-15)12-3-8-24-11-12/h3,8,11,13H,1-2,4-7,9-10H2,(H,17,22)/p+2. The van der Waals surface area contributed by atoms with Crippen LogP contribution in [0.5, 0.6) is 0 Å². The fraction of sp³-hybridized carbons (Fsp3) is 0.562. The Bertz CT molecular complexity index is 674. The van der Waals surface area contributed by atoms with E-state index in [1.807, 2.05) is 16.8 Å². The molecule has 4 rings (SSSR count). The number of hydrogen-bond acceptors (Lipinski definition) is 5. The number of nitrogens with zero attached hydrogens (tertiary/aromatic N) is 2. The highest BCUT2D eigenvalue weighted by Crippen LogP contribution is 2.18. The maximum Gasteiger partial charge on any atom is 0.282 e. The summed E-state index contributed by atoms with van der Waals surface area (Å²) in [7, 11) is 0. The summed E-state index contributed by atoms with van der Waals surface area (Å²) >= 11 is 1.63. The van der Waals surface area contributed by atoms with Crippen LogP contribution in [0.2, 0.25) is 0 Å². The molecule has 0 aromatic carbocycles. The lowest BCUT2D eigenvalue weighted by atomic mass is 10.3. The van der Waals surface area contributed by atoms with E-state index in [4.69, 9.17) is 4.52 Å². The number of carbonyl (C=O) groups is 1. The average Bonchev–Trinajstić information content (AvgIpc) is 3.04. The monoisotopic (exact) mass is 349 g/mol. The first kappa shape index (κ1) is 15.7. The molecule has 0 bridgehead atoms. The predicted molar refractivity (Wildman–Crippen MR) is 88.7 cm³/mol. The topological polar surface area (TPSA) is 76.9 Å². The van der Waals surface area contributed by atoms with Crippen LogP contribution in [0.1, 0.15) is 18.7 Å². The molecule has 0 unspecified atom stereocenters. The summed E-state index contributed by atoms with van der Waals surface area (Å²) in [6.45, 7) is 5.45. The summed E-state index contributed by atoms with van der Waals surface area (Å²) in [5, 5.41) is 11.2. The van der Waals surface area contributed by atoms with Gasteiger partial charge in [0, 0.05) is 17.0 Å². The van der Waals surface area contributed by atoms with Crippen molar-refractivity contribution < 1.29 is 19.1 Å². The Labute approximate surface area is 144 Å². The van der Waals surface area contributed by atoms with Crippen molar-refractivity contribution in [2.24, 2.45) is 0 Å². The molecule has 3 N–H and O–H groups in total. The van der Waals surface area contributed by atoms with Gasteiger partial charge in [0.2, 0.25) is 5.82 Å². The molecule has 128 valence electrons. The van der Waals surface area contributed by atoms with Crippen molar-refractivity contribution in [2.45, 2.75) is 25.4 Å². The first-order valence-electron chi connectivity index (χ1n) is 8.58. The summed E-state index contributed by atoms with van der Waals surface area (Å²) in [5.74, 6) is 1.57. The molecular weight excluding hydrogens is 326 g/mol. The van der Waals surface area contributed by atoms with Gasteiger partial charge in [0.25, 0.3) is 11.8 Å². The molecule has 2 aliphatic rings. The van der Waals surface area contributed by atoms with Crippen LogP contribution >= 0.6 is 11.3 Å². The maximum atomic E-state index is 11.9. The number of piperazine rings is 1. The van der Waals surface area contributed by atoms with E-state index in [9.17, 15) is 4.79 Å². The van der Waals surface area contributed by atoms with Gasteiger partial charge in [0.15, 0.2) is 13.1 Å². The van der Waals surface area contributed by atoms with Crippen LogP contribution in [0.4, 0.5) is 0 Å². The Morgan fingerprint density at radius 1 is 1.29 bits per heavy atom. The third kappa shape index (κ3) is 4.00. The van der Waals surface area contributed by atoms with Gasteiger partial charge in [-0.2, -0.15) is 16.3 Å².